The van der Waals surface area contributed by atoms with E-state index in [2.05, 4.69) is 32.2 Å². The predicted octanol–water partition coefficient (Wildman–Crippen LogP) is 3.76. The number of rotatable bonds is 3. The van der Waals surface area contributed by atoms with Crippen molar-refractivity contribution >= 4 is 17.2 Å². The third kappa shape index (κ3) is 2.79. The fourth-order valence-electron chi connectivity index (χ4n) is 2.76. The van der Waals surface area contributed by atoms with E-state index in [-0.39, 0.29) is 5.82 Å². The Hall–Kier alpha value is -2.99. The number of fused-ring (bicyclic) bond motifs is 1. The summed E-state index contributed by atoms with van der Waals surface area (Å²) in [6.45, 7) is 2.64. The molecule has 0 amide bonds. The summed E-state index contributed by atoms with van der Waals surface area (Å²) < 4.78 is 13.3. The summed E-state index contributed by atoms with van der Waals surface area (Å²) in [7, 11) is 0. The van der Waals surface area contributed by atoms with E-state index in [0.717, 1.165) is 29.0 Å². The molecule has 0 atom stereocenters. The first-order valence-electron chi connectivity index (χ1n) is 7.67. The van der Waals surface area contributed by atoms with Gasteiger partial charge in [-0.05, 0) is 60.5 Å². The molecule has 0 unspecified atom stereocenters. The number of aryl methyl sites for hydroxylation is 1. The fraction of sp³-hybridized carbons (Fsp3) is 0.111. The molecule has 1 aliphatic rings. The SMILES string of the molecule is Cc1cc(F)ccc1-c1nccc(Nc2ccc3c(c2)CNN3)n1. The van der Waals surface area contributed by atoms with E-state index in [1.165, 1.54) is 17.7 Å². The van der Waals surface area contributed by atoms with Gasteiger partial charge in [0, 0.05) is 24.0 Å². The second-order valence-corrected chi connectivity index (χ2v) is 5.70. The van der Waals surface area contributed by atoms with Crippen LogP contribution in [0.15, 0.2) is 48.7 Å². The Morgan fingerprint density at radius 3 is 2.92 bits per heavy atom. The van der Waals surface area contributed by atoms with Crippen LogP contribution < -0.4 is 16.2 Å². The normalized spacial score (nSPS) is 12.6. The van der Waals surface area contributed by atoms with Crippen molar-refractivity contribution in [3.8, 4) is 11.4 Å². The molecule has 2 aromatic carbocycles. The molecule has 0 spiro atoms. The first-order chi connectivity index (χ1) is 11.7. The Kier molecular flexibility index (Phi) is 3.59. The second kappa shape index (κ2) is 5.90. The summed E-state index contributed by atoms with van der Waals surface area (Å²) in [4.78, 5) is 8.85. The van der Waals surface area contributed by atoms with Gasteiger partial charge >= 0.3 is 0 Å². The molecule has 0 saturated heterocycles. The highest BCUT2D eigenvalue weighted by Crippen LogP contribution is 2.26. The third-order valence-corrected chi connectivity index (χ3v) is 3.96. The maximum absolute atomic E-state index is 13.3. The Morgan fingerprint density at radius 1 is 1.12 bits per heavy atom. The topological polar surface area (TPSA) is 61.9 Å². The van der Waals surface area contributed by atoms with Crippen LogP contribution in [-0.4, -0.2) is 9.97 Å². The van der Waals surface area contributed by atoms with Crippen LogP contribution in [0, 0.1) is 12.7 Å². The molecular weight excluding hydrogens is 305 g/mol. The molecule has 0 fully saturated rings. The Morgan fingerprint density at radius 2 is 2.04 bits per heavy atom. The number of nitrogens with zero attached hydrogens (tertiary/aromatic N) is 2. The minimum atomic E-state index is -0.258. The molecule has 120 valence electrons. The van der Waals surface area contributed by atoms with Crippen molar-refractivity contribution in [2.45, 2.75) is 13.5 Å². The standard InChI is InChI=1S/C18H16FN5/c1-11-8-13(19)2-4-15(11)18-20-7-6-17(23-18)22-14-3-5-16-12(9-14)10-21-24-16/h2-9,21,24H,10H2,1H3,(H,20,22,23). The second-order valence-electron chi connectivity index (χ2n) is 5.70. The first kappa shape index (κ1) is 14.6. The van der Waals surface area contributed by atoms with Gasteiger partial charge in [-0.2, -0.15) is 0 Å². The van der Waals surface area contributed by atoms with E-state index in [1.54, 1.807) is 12.3 Å². The van der Waals surface area contributed by atoms with E-state index in [9.17, 15) is 4.39 Å². The van der Waals surface area contributed by atoms with E-state index >= 15 is 0 Å². The fourth-order valence-corrected chi connectivity index (χ4v) is 2.76. The predicted molar refractivity (Wildman–Crippen MR) is 92.4 cm³/mol. The molecule has 0 saturated carbocycles. The van der Waals surface area contributed by atoms with Crippen molar-refractivity contribution in [3.05, 3.63) is 65.6 Å². The molecule has 5 nitrogen and oxygen atoms in total. The van der Waals surface area contributed by atoms with Gasteiger partial charge in [-0.3, -0.25) is 0 Å². The number of nitrogens with one attached hydrogen (secondary N) is 3. The zero-order valence-electron chi connectivity index (χ0n) is 13.1. The van der Waals surface area contributed by atoms with Crippen LogP contribution in [0.5, 0.6) is 0 Å². The van der Waals surface area contributed by atoms with Gasteiger partial charge in [0.25, 0.3) is 0 Å². The van der Waals surface area contributed by atoms with Gasteiger partial charge in [0.1, 0.15) is 11.6 Å². The van der Waals surface area contributed by atoms with Crippen LogP contribution in [0.3, 0.4) is 0 Å². The lowest BCUT2D eigenvalue weighted by atomic mass is 10.1. The smallest absolute Gasteiger partial charge is 0.161 e. The molecule has 0 radical (unpaired) electrons. The highest BCUT2D eigenvalue weighted by atomic mass is 19.1. The molecule has 4 rings (SSSR count). The number of hydrazine groups is 1. The number of benzene rings is 2. The summed E-state index contributed by atoms with van der Waals surface area (Å²) in [5.41, 5.74) is 11.1. The van der Waals surface area contributed by atoms with Gasteiger partial charge < -0.3 is 10.7 Å². The van der Waals surface area contributed by atoms with E-state index in [4.69, 9.17) is 0 Å². The molecule has 24 heavy (non-hydrogen) atoms. The maximum Gasteiger partial charge on any atom is 0.161 e. The van der Waals surface area contributed by atoms with Crippen molar-refractivity contribution in [1.82, 2.24) is 15.4 Å². The van der Waals surface area contributed by atoms with Crippen molar-refractivity contribution in [1.29, 1.82) is 0 Å². The number of aromatic nitrogens is 2. The Balaban J connectivity index is 1.63. The lowest BCUT2D eigenvalue weighted by molar-refractivity contribution is 0.627. The lowest BCUT2D eigenvalue weighted by Crippen LogP contribution is -2.10. The summed E-state index contributed by atoms with van der Waals surface area (Å²) in [5, 5.41) is 3.29. The molecule has 0 aliphatic carbocycles. The van der Waals surface area contributed by atoms with Gasteiger partial charge in [0.15, 0.2) is 5.82 Å². The minimum absolute atomic E-state index is 0.258. The minimum Gasteiger partial charge on any atom is -0.340 e. The summed E-state index contributed by atoms with van der Waals surface area (Å²) in [6, 6.07) is 12.5. The quantitative estimate of drug-likeness (QED) is 0.685. The van der Waals surface area contributed by atoms with Crippen molar-refractivity contribution in [2.75, 3.05) is 10.7 Å². The number of hydrogen-bond donors (Lipinski definition) is 3. The molecule has 6 heteroatoms. The van der Waals surface area contributed by atoms with Gasteiger partial charge in [-0.15, -0.1) is 0 Å². The molecule has 3 N–H and O–H groups in total. The van der Waals surface area contributed by atoms with E-state index in [1.807, 2.05) is 25.1 Å². The Bertz CT molecular complexity index is 910. The van der Waals surface area contributed by atoms with Gasteiger partial charge in [0.2, 0.25) is 0 Å². The lowest BCUT2D eigenvalue weighted by Gasteiger charge is -2.09. The zero-order chi connectivity index (χ0) is 16.5. The van der Waals surface area contributed by atoms with Crippen molar-refractivity contribution < 1.29 is 4.39 Å². The van der Waals surface area contributed by atoms with Crippen LogP contribution in [-0.2, 0) is 6.54 Å². The molecule has 0 bridgehead atoms. The van der Waals surface area contributed by atoms with Crippen LogP contribution in [0.4, 0.5) is 21.6 Å². The zero-order valence-corrected chi connectivity index (χ0v) is 13.1. The van der Waals surface area contributed by atoms with Crippen LogP contribution >= 0.6 is 0 Å². The highest BCUT2D eigenvalue weighted by molar-refractivity contribution is 5.67. The highest BCUT2D eigenvalue weighted by Gasteiger charge is 2.11. The van der Waals surface area contributed by atoms with Gasteiger partial charge in [-0.1, -0.05) is 0 Å². The first-order valence-corrected chi connectivity index (χ1v) is 7.67. The number of halogens is 1. The molecule has 1 aromatic heterocycles. The average Bonchev–Trinajstić information content (AvgIpc) is 3.03. The van der Waals surface area contributed by atoms with Crippen LogP contribution in [0.2, 0.25) is 0 Å². The van der Waals surface area contributed by atoms with Gasteiger partial charge in [0.05, 0.1) is 5.69 Å². The van der Waals surface area contributed by atoms with Crippen LogP contribution in [0.1, 0.15) is 11.1 Å². The van der Waals surface area contributed by atoms with Crippen LogP contribution in [0.25, 0.3) is 11.4 Å². The monoisotopic (exact) mass is 321 g/mol. The van der Waals surface area contributed by atoms with E-state index in [0.29, 0.717) is 11.6 Å². The average molecular weight is 321 g/mol. The number of anilines is 3. The maximum atomic E-state index is 13.3. The molecular formula is C18H16FN5. The van der Waals surface area contributed by atoms with Crippen molar-refractivity contribution in [2.24, 2.45) is 0 Å². The van der Waals surface area contributed by atoms with E-state index < -0.39 is 0 Å². The van der Waals surface area contributed by atoms with Gasteiger partial charge in [-0.25, -0.2) is 19.8 Å². The largest absolute Gasteiger partial charge is 0.340 e. The third-order valence-electron chi connectivity index (χ3n) is 3.96. The molecule has 1 aliphatic heterocycles. The molecule has 3 aromatic rings. The molecule has 2 heterocycles. The van der Waals surface area contributed by atoms with Crippen molar-refractivity contribution in [3.63, 3.8) is 0 Å². The Labute approximate surface area is 138 Å². The summed E-state index contributed by atoms with van der Waals surface area (Å²) >= 11 is 0. The summed E-state index contributed by atoms with van der Waals surface area (Å²) in [5.74, 6) is 1.01. The number of hydrogen-bond acceptors (Lipinski definition) is 5. The summed E-state index contributed by atoms with van der Waals surface area (Å²) in [6.07, 6.45) is 1.70.